The summed E-state index contributed by atoms with van der Waals surface area (Å²) in [6, 6.07) is 14.7. The largest absolute Gasteiger partial charge is 0.494 e. The molecule has 6 nitrogen and oxygen atoms in total. The summed E-state index contributed by atoms with van der Waals surface area (Å²) < 4.78 is 37.9. The predicted octanol–water partition coefficient (Wildman–Crippen LogP) is 3.46. The summed E-state index contributed by atoms with van der Waals surface area (Å²) in [5.74, 6) is 1.90. The van der Waals surface area contributed by atoms with Gasteiger partial charge in [0.25, 0.3) is 0 Å². The van der Waals surface area contributed by atoms with Gasteiger partial charge in [-0.15, -0.1) is 0 Å². The van der Waals surface area contributed by atoms with Crippen molar-refractivity contribution < 1.29 is 17.9 Å². The third-order valence-electron chi connectivity index (χ3n) is 3.26. The third-order valence-corrected chi connectivity index (χ3v) is 4.86. The zero-order valence-corrected chi connectivity index (χ0v) is 14.9. The Hall–Kier alpha value is -2.56. The van der Waals surface area contributed by atoms with E-state index in [9.17, 15) is 8.42 Å². The molecule has 0 bridgehead atoms. The lowest BCUT2D eigenvalue weighted by atomic mass is 10.3. The Morgan fingerprint density at radius 1 is 1.04 bits per heavy atom. The maximum Gasteiger partial charge on any atom is 0.240 e. The van der Waals surface area contributed by atoms with E-state index in [-0.39, 0.29) is 11.3 Å². The van der Waals surface area contributed by atoms with Crippen LogP contribution in [0.25, 0.3) is 0 Å². The quantitative estimate of drug-likeness (QED) is 0.779. The Balaban J connectivity index is 2.05. The van der Waals surface area contributed by atoms with E-state index in [1.54, 1.807) is 43.3 Å². The number of nitrogens with one attached hydrogen (secondary N) is 1. The first-order valence-corrected chi connectivity index (χ1v) is 9.33. The summed E-state index contributed by atoms with van der Waals surface area (Å²) in [4.78, 5) is 0.122. The Kier molecular flexibility index (Phi) is 6.39. The first-order chi connectivity index (χ1) is 11.9. The van der Waals surface area contributed by atoms with Gasteiger partial charge in [-0.2, -0.15) is 5.26 Å². The van der Waals surface area contributed by atoms with Gasteiger partial charge in [0.1, 0.15) is 17.2 Å². The van der Waals surface area contributed by atoms with Crippen LogP contribution in [0.2, 0.25) is 0 Å². The highest BCUT2D eigenvalue weighted by molar-refractivity contribution is 7.89. The van der Waals surface area contributed by atoms with Crippen molar-refractivity contribution >= 4 is 10.0 Å². The average molecular weight is 360 g/mol. The standard InChI is InChI=1S/C18H20N2O4S/c1-3-23-15-4-6-16(7-5-15)24-17-8-10-18(11-9-17)25(21,22)20-14(2)12-13-19/h4-11,14,20H,3,12H2,1-2H3/t14-/m1/s1. The summed E-state index contributed by atoms with van der Waals surface area (Å²) in [7, 11) is -3.66. The van der Waals surface area contributed by atoms with Gasteiger partial charge in [0, 0.05) is 6.04 Å². The monoisotopic (exact) mass is 360 g/mol. The third kappa shape index (κ3) is 5.48. The maximum atomic E-state index is 12.2. The van der Waals surface area contributed by atoms with Crippen molar-refractivity contribution in [1.82, 2.24) is 4.72 Å². The number of benzene rings is 2. The van der Waals surface area contributed by atoms with Crippen LogP contribution in [0.1, 0.15) is 20.3 Å². The molecule has 7 heteroatoms. The summed E-state index contributed by atoms with van der Waals surface area (Å²) in [5, 5.41) is 8.62. The van der Waals surface area contributed by atoms with Crippen molar-refractivity contribution in [3.05, 3.63) is 48.5 Å². The Labute approximate surface area is 148 Å². The first kappa shape index (κ1) is 18.8. The number of nitrogens with zero attached hydrogens (tertiary/aromatic N) is 1. The van der Waals surface area contributed by atoms with Crippen LogP contribution in [0, 0.1) is 11.3 Å². The fourth-order valence-electron chi connectivity index (χ4n) is 2.10. The van der Waals surface area contributed by atoms with Crippen LogP contribution >= 0.6 is 0 Å². The fourth-order valence-corrected chi connectivity index (χ4v) is 3.35. The van der Waals surface area contributed by atoms with E-state index in [4.69, 9.17) is 14.7 Å². The summed E-state index contributed by atoms with van der Waals surface area (Å²) >= 11 is 0. The second kappa shape index (κ2) is 8.51. The van der Waals surface area contributed by atoms with E-state index in [0.717, 1.165) is 5.75 Å². The Morgan fingerprint density at radius 3 is 2.08 bits per heavy atom. The van der Waals surface area contributed by atoms with Gasteiger partial charge in [-0.1, -0.05) is 0 Å². The van der Waals surface area contributed by atoms with Crippen molar-refractivity contribution in [1.29, 1.82) is 5.26 Å². The van der Waals surface area contributed by atoms with Crippen molar-refractivity contribution in [3.8, 4) is 23.3 Å². The second-order valence-electron chi connectivity index (χ2n) is 5.36. The molecule has 25 heavy (non-hydrogen) atoms. The number of hydrogen-bond donors (Lipinski definition) is 1. The summed E-state index contributed by atoms with van der Waals surface area (Å²) in [6.45, 7) is 4.15. The van der Waals surface area contributed by atoms with Crippen molar-refractivity contribution in [2.45, 2.75) is 31.2 Å². The molecule has 2 aromatic rings. The molecule has 0 radical (unpaired) electrons. The lowest BCUT2D eigenvalue weighted by Crippen LogP contribution is -2.32. The molecule has 1 N–H and O–H groups in total. The molecule has 0 spiro atoms. The minimum absolute atomic E-state index is 0.109. The van der Waals surface area contributed by atoms with Crippen LogP contribution in [0.15, 0.2) is 53.4 Å². The van der Waals surface area contributed by atoms with Gasteiger partial charge in [0.15, 0.2) is 0 Å². The minimum atomic E-state index is -3.66. The van der Waals surface area contributed by atoms with E-state index in [1.807, 2.05) is 13.0 Å². The highest BCUT2D eigenvalue weighted by Crippen LogP contribution is 2.25. The van der Waals surface area contributed by atoms with Crippen LogP contribution in [0.3, 0.4) is 0 Å². The van der Waals surface area contributed by atoms with Crippen molar-refractivity contribution in [3.63, 3.8) is 0 Å². The molecule has 1 atom stereocenters. The van der Waals surface area contributed by atoms with Crippen LogP contribution in [-0.2, 0) is 10.0 Å². The molecular formula is C18H20N2O4S. The summed E-state index contributed by atoms with van der Waals surface area (Å²) in [6.07, 6.45) is 0.109. The minimum Gasteiger partial charge on any atom is -0.494 e. The smallest absolute Gasteiger partial charge is 0.240 e. The molecule has 0 heterocycles. The van der Waals surface area contributed by atoms with E-state index in [1.165, 1.54) is 12.1 Å². The number of hydrogen-bond acceptors (Lipinski definition) is 5. The number of ether oxygens (including phenoxy) is 2. The molecule has 0 aliphatic heterocycles. The molecule has 0 saturated heterocycles. The van der Waals surface area contributed by atoms with Gasteiger partial charge in [-0.25, -0.2) is 13.1 Å². The SMILES string of the molecule is CCOc1ccc(Oc2ccc(S(=O)(=O)N[C@H](C)CC#N)cc2)cc1. The zero-order valence-electron chi connectivity index (χ0n) is 14.1. The van der Waals surface area contributed by atoms with Gasteiger partial charge in [-0.3, -0.25) is 0 Å². The molecule has 2 aromatic carbocycles. The lowest BCUT2D eigenvalue weighted by Gasteiger charge is -2.12. The van der Waals surface area contributed by atoms with Crippen molar-refractivity contribution in [2.75, 3.05) is 6.61 Å². The van der Waals surface area contributed by atoms with E-state index in [2.05, 4.69) is 4.72 Å². The molecule has 0 amide bonds. The van der Waals surface area contributed by atoms with Gasteiger partial charge >= 0.3 is 0 Å². The molecule has 132 valence electrons. The second-order valence-corrected chi connectivity index (χ2v) is 7.08. The lowest BCUT2D eigenvalue weighted by molar-refractivity contribution is 0.339. The van der Waals surface area contributed by atoms with Gasteiger partial charge in [0.05, 0.1) is 24.0 Å². The van der Waals surface area contributed by atoms with E-state index >= 15 is 0 Å². The van der Waals surface area contributed by atoms with Crippen LogP contribution in [0.5, 0.6) is 17.2 Å². The highest BCUT2D eigenvalue weighted by atomic mass is 32.2. The average Bonchev–Trinajstić information content (AvgIpc) is 2.57. The molecule has 0 aliphatic rings. The maximum absolute atomic E-state index is 12.2. The topological polar surface area (TPSA) is 88.4 Å². The Bertz CT molecular complexity index is 825. The molecule has 0 aromatic heterocycles. The van der Waals surface area contributed by atoms with Gasteiger partial charge < -0.3 is 9.47 Å². The summed E-state index contributed by atoms with van der Waals surface area (Å²) in [5.41, 5.74) is 0. The molecule has 0 fully saturated rings. The number of rotatable bonds is 8. The first-order valence-electron chi connectivity index (χ1n) is 7.84. The van der Waals surface area contributed by atoms with E-state index in [0.29, 0.717) is 18.1 Å². The van der Waals surface area contributed by atoms with Gasteiger partial charge in [-0.05, 0) is 62.4 Å². The normalized spacial score (nSPS) is 12.2. The van der Waals surface area contributed by atoms with Crippen molar-refractivity contribution in [2.24, 2.45) is 0 Å². The zero-order chi connectivity index (χ0) is 18.3. The molecule has 2 rings (SSSR count). The molecule has 0 unspecified atom stereocenters. The number of nitriles is 1. The Morgan fingerprint density at radius 2 is 1.56 bits per heavy atom. The fraction of sp³-hybridized carbons (Fsp3) is 0.278. The van der Waals surface area contributed by atoms with Gasteiger partial charge in [0.2, 0.25) is 10.0 Å². The molecular weight excluding hydrogens is 340 g/mol. The molecule has 0 aliphatic carbocycles. The van der Waals surface area contributed by atoms with Crippen LogP contribution in [0.4, 0.5) is 0 Å². The van der Waals surface area contributed by atoms with E-state index < -0.39 is 16.1 Å². The molecule has 0 saturated carbocycles. The van der Waals surface area contributed by atoms with Crippen LogP contribution in [-0.4, -0.2) is 21.1 Å². The van der Waals surface area contributed by atoms with Crippen LogP contribution < -0.4 is 14.2 Å². The number of sulfonamides is 1. The predicted molar refractivity (Wildman–Crippen MR) is 94.1 cm³/mol. The highest BCUT2D eigenvalue weighted by Gasteiger charge is 2.17.